The van der Waals surface area contributed by atoms with E-state index in [2.05, 4.69) is 5.32 Å². The quantitative estimate of drug-likeness (QED) is 0.229. The number of piperidine rings is 2. The molecule has 0 aromatic heterocycles. The molecule has 0 aliphatic carbocycles. The highest BCUT2D eigenvalue weighted by Crippen LogP contribution is 2.31. The van der Waals surface area contributed by atoms with Crippen LogP contribution in [0.3, 0.4) is 0 Å². The van der Waals surface area contributed by atoms with Crippen molar-refractivity contribution in [1.82, 2.24) is 14.7 Å². The molecule has 0 bridgehead atoms. The predicted molar refractivity (Wildman–Crippen MR) is 146 cm³/mol. The van der Waals surface area contributed by atoms with Crippen LogP contribution in [0.5, 0.6) is 0 Å². The van der Waals surface area contributed by atoms with Crippen molar-refractivity contribution in [2.24, 2.45) is 0 Å². The number of anilines is 1. The number of carbonyl (C=O) groups is 3. The Kier molecular flexibility index (Phi) is 9.86. The Labute approximate surface area is 232 Å². The van der Waals surface area contributed by atoms with Gasteiger partial charge in [0.2, 0.25) is 0 Å². The number of likely N-dealkylation sites (tertiary alicyclic amines) is 2. The van der Waals surface area contributed by atoms with Crippen molar-refractivity contribution in [3.63, 3.8) is 0 Å². The van der Waals surface area contributed by atoms with Gasteiger partial charge in [-0.3, -0.25) is 9.59 Å². The van der Waals surface area contributed by atoms with Crippen molar-refractivity contribution < 1.29 is 23.2 Å². The average Bonchev–Trinajstić information content (AvgIpc) is 2.89. The van der Waals surface area contributed by atoms with Gasteiger partial charge in [-0.15, -0.1) is 0 Å². The summed E-state index contributed by atoms with van der Waals surface area (Å²) in [5.74, 6) is -3.26. The summed E-state index contributed by atoms with van der Waals surface area (Å²) < 4.78 is 26.9. The standard InChI is InChI=1S/C28H32ClF2N5O3/c1-19-22(14-20-4-9-35(10-5-20)27(39)36-11-7-28(30,31)8-12-36)15-23(29)17-25(19)33-26(38)21(6-13-37)16-24(18-32)34(2)3/h6,13-17H,4-5,7-12H2,1-3H3,(H,33,38)/b21-6+,24-16-. The number of hydrogen-bond acceptors (Lipinski definition) is 5. The number of alkyl halides is 2. The zero-order valence-electron chi connectivity index (χ0n) is 22.3. The van der Waals surface area contributed by atoms with E-state index in [0.717, 1.165) is 22.8 Å². The van der Waals surface area contributed by atoms with Gasteiger partial charge in [-0.2, -0.15) is 5.26 Å². The van der Waals surface area contributed by atoms with Crippen LogP contribution in [0.15, 0.2) is 41.1 Å². The maximum atomic E-state index is 13.4. The van der Waals surface area contributed by atoms with E-state index in [9.17, 15) is 28.4 Å². The number of aldehydes is 1. The third-order valence-corrected chi connectivity index (χ3v) is 7.08. The number of halogens is 3. The van der Waals surface area contributed by atoms with Crippen molar-refractivity contribution in [2.75, 3.05) is 45.6 Å². The molecule has 0 atom stereocenters. The molecule has 2 aliphatic heterocycles. The van der Waals surface area contributed by atoms with E-state index >= 15 is 0 Å². The molecule has 1 N–H and O–H groups in total. The second kappa shape index (κ2) is 12.9. The monoisotopic (exact) mass is 559 g/mol. The van der Waals surface area contributed by atoms with Gasteiger partial charge >= 0.3 is 6.03 Å². The third kappa shape index (κ3) is 7.90. The fourth-order valence-electron chi connectivity index (χ4n) is 4.42. The molecular weight excluding hydrogens is 528 g/mol. The topological polar surface area (TPSA) is 96.8 Å². The Morgan fingerprint density at radius 1 is 1.13 bits per heavy atom. The molecule has 11 heteroatoms. The normalized spacial score (nSPS) is 17.8. The third-order valence-electron chi connectivity index (χ3n) is 6.86. The molecule has 3 rings (SSSR count). The summed E-state index contributed by atoms with van der Waals surface area (Å²) in [5, 5.41) is 12.5. The van der Waals surface area contributed by atoms with Crippen molar-refractivity contribution in [2.45, 2.75) is 38.5 Å². The molecule has 0 spiro atoms. The molecule has 2 saturated heterocycles. The summed E-state index contributed by atoms with van der Waals surface area (Å²) in [7, 11) is 3.31. The van der Waals surface area contributed by atoms with Crippen molar-refractivity contribution in [3.05, 3.63) is 57.3 Å². The molecule has 1 aromatic carbocycles. The van der Waals surface area contributed by atoms with Crippen LogP contribution >= 0.6 is 11.6 Å². The molecule has 2 heterocycles. The lowest BCUT2D eigenvalue weighted by molar-refractivity contribution is -0.113. The van der Waals surface area contributed by atoms with Crippen molar-refractivity contribution >= 4 is 41.6 Å². The Bertz CT molecular complexity index is 1250. The molecule has 208 valence electrons. The number of carbonyl (C=O) groups excluding carboxylic acids is 3. The molecule has 8 nitrogen and oxygen atoms in total. The lowest BCUT2D eigenvalue weighted by atomic mass is 9.98. The van der Waals surface area contributed by atoms with E-state index in [-0.39, 0.29) is 43.2 Å². The van der Waals surface area contributed by atoms with Crippen LogP contribution in [-0.2, 0) is 9.59 Å². The predicted octanol–water partition coefficient (Wildman–Crippen LogP) is 5.01. The Hall–Kier alpha value is -3.71. The second-order valence-corrected chi connectivity index (χ2v) is 10.3. The van der Waals surface area contributed by atoms with Gasteiger partial charge in [0, 0.05) is 69.4 Å². The highest BCUT2D eigenvalue weighted by Gasteiger charge is 2.37. The van der Waals surface area contributed by atoms with Crippen LogP contribution in [0.1, 0.15) is 36.8 Å². The van der Waals surface area contributed by atoms with E-state index in [1.165, 1.54) is 15.9 Å². The maximum Gasteiger partial charge on any atom is 0.320 e. The molecule has 3 amide bonds. The number of allylic oxidation sites excluding steroid dienone is 2. The van der Waals surface area contributed by atoms with Gasteiger partial charge < -0.3 is 20.0 Å². The van der Waals surface area contributed by atoms with E-state index in [0.29, 0.717) is 42.9 Å². The fraction of sp³-hybridized carbons (Fsp3) is 0.429. The van der Waals surface area contributed by atoms with Crippen LogP contribution in [0.25, 0.3) is 6.08 Å². The van der Waals surface area contributed by atoms with Crippen LogP contribution in [0, 0.1) is 18.3 Å². The molecule has 39 heavy (non-hydrogen) atoms. The van der Waals surface area contributed by atoms with Gasteiger partial charge in [-0.25, -0.2) is 13.6 Å². The van der Waals surface area contributed by atoms with Crippen molar-refractivity contribution in [3.8, 4) is 6.07 Å². The number of benzene rings is 1. The summed E-state index contributed by atoms with van der Waals surface area (Å²) in [5.41, 5.74) is 3.34. The Morgan fingerprint density at radius 3 is 2.31 bits per heavy atom. The highest BCUT2D eigenvalue weighted by atomic mass is 35.5. The van der Waals surface area contributed by atoms with E-state index in [1.54, 1.807) is 31.1 Å². The minimum atomic E-state index is -2.70. The van der Waals surface area contributed by atoms with E-state index in [4.69, 9.17) is 11.6 Å². The minimum absolute atomic E-state index is 0.0176. The number of amides is 3. The number of hydrogen-bond donors (Lipinski definition) is 1. The van der Waals surface area contributed by atoms with Gasteiger partial charge in [-0.05, 0) is 55.2 Å². The lowest BCUT2D eigenvalue weighted by Gasteiger charge is -2.37. The summed E-state index contributed by atoms with van der Waals surface area (Å²) in [6, 6.07) is 5.18. The number of nitrogens with zero attached hydrogens (tertiary/aromatic N) is 4. The number of nitriles is 1. The first-order valence-electron chi connectivity index (χ1n) is 12.6. The summed E-state index contributed by atoms with van der Waals surface area (Å²) in [4.78, 5) is 41.6. The SMILES string of the molecule is Cc1c(C=C2CCN(C(=O)N3CCC(F)(F)CC3)CC2)cc(Cl)cc1NC(=O)C(/C=C(/C#N)N(C)C)=C/C=O. The summed E-state index contributed by atoms with van der Waals surface area (Å²) in [6.45, 7) is 2.93. The molecule has 1 aromatic rings. The zero-order valence-corrected chi connectivity index (χ0v) is 23.0. The molecular formula is C28H32ClF2N5O3. The van der Waals surface area contributed by atoms with Gasteiger partial charge in [0.05, 0.1) is 0 Å². The zero-order chi connectivity index (χ0) is 28.7. The van der Waals surface area contributed by atoms with Crippen LogP contribution in [-0.4, -0.2) is 79.1 Å². The first-order valence-corrected chi connectivity index (χ1v) is 13.0. The average molecular weight is 560 g/mol. The summed E-state index contributed by atoms with van der Waals surface area (Å²) >= 11 is 6.36. The fourth-order valence-corrected chi connectivity index (χ4v) is 4.65. The summed E-state index contributed by atoms with van der Waals surface area (Å²) in [6.07, 6.45) is 5.53. The highest BCUT2D eigenvalue weighted by molar-refractivity contribution is 6.31. The number of urea groups is 1. The molecule has 0 radical (unpaired) electrons. The first kappa shape index (κ1) is 29.8. The first-order chi connectivity index (χ1) is 18.4. The van der Waals surface area contributed by atoms with Crippen LogP contribution < -0.4 is 5.32 Å². The number of rotatable bonds is 6. The van der Waals surface area contributed by atoms with Crippen LogP contribution in [0.2, 0.25) is 5.02 Å². The second-order valence-electron chi connectivity index (χ2n) is 9.83. The minimum Gasteiger partial charge on any atom is -0.369 e. The molecule has 2 aliphatic rings. The molecule has 2 fully saturated rings. The molecule has 0 unspecified atom stereocenters. The van der Waals surface area contributed by atoms with Gasteiger partial charge in [0.1, 0.15) is 18.1 Å². The Balaban J connectivity index is 1.72. The lowest BCUT2D eigenvalue weighted by Crippen LogP contribution is -2.50. The van der Waals surface area contributed by atoms with Crippen molar-refractivity contribution in [1.29, 1.82) is 5.26 Å². The Morgan fingerprint density at radius 2 is 1.74 bits per heavy atom. The maximum absolute atomic E-state index is 13.4. The van der Waals surface area contributed by atoms with Crippen LogP contribution in [0.4, 0.5) is 19.3 Å². The van der Waals surface area contributed by atoms with E-state index < -0.39 is 11.8 Å². The van der Waals surface area contributed by atoms with E-state index in [1.807, 2.05) is 19.1 Å². The van der Waals surface area contributed by atoms with Gasteiger partial charge in [0.15, 0.2) is 0 Å². The largest absolute Gasteiger partial charge is 0.369 e. The van der Waals surface area contributed by atoms with Gasteiger partial charge in [-0.1, -0.05) is 23.3 Å². The number of nitrogens with one attached hydrogen (secondary N) is 1. The van der Waals surface area contributed by atoms with Gasteiger partial charge in [0.25, 0.3) is 11.8 Å². The molecule has 0 saturated carbocycles. The smallest absolute Gasteiger partial charge is 0.320 e.